The molecule has 4 nitrogen and oxygen atoms in total. The van der Waals surface area contributed by atoms with Crippen molar-refractivity contribution in [2.45, 2.75) is 13.8 Å². The minimum absolute atomic E-state index is 0.144. The maximum absolute atomic E-state index is 9.78. The Morgan fingerprint density at radius 1 is 1.44 bits per heavy atom. The van der Waals surface area contributed by atoms with Crippen LogP contribution in [0.4, 0.5) is 11.4 Å². The minimum Gasteiger partial charge on any atom is -0.506 e. The maximum atomic E-state index is 9.78. The van der Waals surface area contributed by atoms with Crippen LogP contribution in [-0.2, 0) is 0 Å². The third kappa shape index (κ3) is 3.00. The lowest BCUT2D eigenvalue weighted by atomic mass is 10.2. The summed E-state index contributed by atoms with van der Waals surface area (Å²) in [5, 5.41) is 12.6. The van der Waals surface area contributed by atoms with Gasteiger partial charge in [0.1, 0.15) is 5.75 Å². The van der Waals surface area contributed by atoms with Gasteiger partial charge in [0.15, 0.2) is 5.11 Å². The van der Waals surface area contributed by atoms with Crippen molar-refractivity contribution < 1.29 is 5.11 Å². The van der Waals surface area contributed by atoms with Crippen molar-refractivity contribution in [1.82, 2.24) is 0 Å². The molecule has 0 unspecified atom stereocenters. The normalized spacial score (nSPS) is 9.88. The predicted octanol–water partition coefficient (Wildman–Crippen LogP) is 1.89. The molecule has 0 atom stereocenters. The highest BCUT2D eigenvalue weighted by Gasteiger charge is 2.06. The number of benzene rings is 1. The lowest BCUT2D eigenvalue weighted by Crippen LogP contribution is -2.22. The summed E-state index contributed by atoms with van der Waals surface area (Å²) in [4.78, 5) is 2.14. The smallest absolute Gasteiger partial charge is 0.168 e. The van der Waals surface area contributed by atoms with Gasteiger partial charge in [-0.2, -0.15) is 0 Å². The van der Waals surface area contributed by atoms with Gasteiger partial charge in [0.25, 0.3) is 0 Å². The van der Waals surface area contributed by atoms with Crippen LogP contribution in [0, 0.1) is 0 Å². The molecule has 0 aromatic heterocycles. The molecule has 4 N–H and O–H groups in total. The summed E-state index contributed by atoms with van der Waals surface area (Å²) >= 11 is 4.71. The Hall–Kier alpha value is -1.49. The molecule has 0 radical (unpaired) electrons. The molecule has 0 fully saturated rings. The fourth-order valence-electron chi connectivity index (χ4n) is 1.54. The van der Waals surface area contributed by atoms with Crippen molar-refractivity contribution in [2.75, 3.05) is 23.3 Å². The molecule has 0 saturated heterocycles. The lowest BCUT2D eigenvalue weighted by Gasteiger charge is -2.21. The van der Waals surface area contributed by atoms with Gasteiger partial charge in [0.05, 0.1) is 5.69 Å². The van der Waals surface area contributed by atoms with E-state index in [1.54, 1.807) is 12.1 Å². The number of aromatic hydroxyl groups is 1. The van der Waals surface area contributed by atoms with E-state index in [-0.39, 0.29) is 10.9 Å². The highest BCUT2D eigenvalue weighted by Crippen LogP contribution is 2.28. The number of nitrogens with zero attached hydrogens (tertiary/aromatic N) is 1. The van der Waals surface area contributed by atoms with E-state index in [0.717, 1.165) is 18.8 Å². The van der Waals surface area contributed by atoms with E-state index in [1.807, 2.05) is 6.07 Å². The Balaban J connectivity index is 2.93. The number of anilines is 2. The molecule has 0 saturated carbocycles. The Morgan fingerprint density at radius 3 is 2.50 bits per heavy atom. The summed E-state index contributed by atoms with van der Waals surface area (Å²) in [6, 6.07) is 5.39. The number of hydrogen-bond donors (Lipinski definition) is 3. The molecule has 1 aromatic carbocycles. The lowest BCUT2D eigenvalue weighted by molar-refractivity contribution is 0.478. The van der Waals surface area contributed by atoms with E-state index < -0.39 is 0 Å². The topological polar surface area (TPSA) is 61.5 Å². The Labute approximate surface area is 101 Å². The first-order chi connectivity index (χ1) is 7.58. The van der Waals surface area contributed by atoms with Crippen LogP contribution in [0.3, 0.4) is 0 Å². The molecular weight excluding hydrogens is 222 g/mol. The molecule has 5 heteroatoms. The molecule has 16 heavy (non-hydrogen) atoms. The fourth-order valence-corrected chi connectivity index (χ4v) is 1.65. The number of phenolic OH excluding ortho intramolecular Hbond substituents is 1. The van der Waals surface area contributed by atoms with Crippen LogP contribution in [0.5, 0.6) is 5.75 Å². The number of rotatable bonds is 4. The summed E-state index contributed by atoms with van der Waals surface area (Å²) in [5.74, 6) is 0.150. The molecule has 0 aliphatic carbocycles. The SMILES string of the molecule is CCN(CC)c1ccc(NC(N)=S)c(O)c1. The highest BCUT2D eigenvalue weighted by molar-refractivity contribution is 7.80. The first-order valence-corrected chi connectivity index (χ1v) is 5.63. The number of nitrogens with two attached hydrogens (primary N) is 1. The molecule has 0 aliphatic heterocycles. The summed E-state index contributed by atoms with van der Waals surface area (Å²) in [6.07, 6.45) is 0. The molecule has 1 rings (SSSR count). The minimum atomic E-state index is 0.144. The van der Waals surface area contributed by atoms with E-state index in [2.05, 4.69) is 24.1 Å². The van der Waals surface area contributed by atoms with Gasteiger partial charge in [0, 0.05) is 24.8 Å². The number of thiocarbonyl (C=S) groups is 1. The van der Waals surface area contributed by atoms with Crippen LogP contribution in [-0.4, -0.2) is 23.3 Å². The van der Waals surface area contributed by atoms with Crippen LogP contribution < -0.4 is 16.0 Å². The number of phenols is 1. The van der Waals surface area contributed by atoms with E-state index in [0.29, 0.717) is 5.69 Å². The molecular formula is C11H17N3OS. The number of hydrogen-bond acceptors (Lipinski definition) is 3. The van der Waals surface area contributed by atoms with Gasteiger partial charge < -0.3 is 21.1 Å². The van der Waals surface area contributed by atoms with Crippen LogP contribution in [0.2, 0.25) is 0 Å². The van der Waals surface area contributed by atoms with Gasteiger partial charge in [-0.1, -0.05) is 0 Å². The molecule has 88 valence electrons. The van der Waals surface area contributed by atoms with Gasteiger partial charge >= 0.3 is 0 Å². The standard InChI is InChI=1S/C11H17N3OS/c1-3-14(4-2)8-5-6-9(10(15)7-8)13-11(12)16/h5-7,15H,3-4H2,1-2H3,(H3,12,13,16). The van der Waals surface area contributed by atoms with Crippen molar-refractivity contribution in [1.29, 1.82) is 0 Å². The second-order valence-corrected chi connectivity index (χ2v) is 3.80. The molecule has 0 spiro atoms. The molecule has 1 aromatic rings. The van der Waals surface area contributed by atoms with E-state index in [4.69, 9.17) is 18.0 Å². The monoisotopic (exact) mass is 239 g/mol. The third-order valence-corrected chi connectivity index (χ3v) is 2.47. The molecule has 0 amide bonds. The second kappa shape index (κ2) is 5.55. The van der Waals surface area contributed by atoms with Gasteiger partial charge in [-0.3, -0.25) is 0 Å². The van der Waals surface area contributed by atoms with E-state index >= 15 is 0 Å². The maximum Gasteiger partial charge on any atom is 0.168 e. The Kier molecular flexibility index (Phi) is 4.37. The van der Waals surface area contributed by atoms with Gasteiger partial charge in [0.2, 0.25) is 0 Å². The Morgan fingerprint density at radius 2 is 2.06 bits per heavy atom. The van der Waals surface area contributed by atoms with Gasteiger partial charge in [-0.05, 0) is 38.2 Å². The highest BCUT2D eigenvalue weighted by atomic mass is 32.1. The largest absolute Gasteiger partial charge is 0.506 e. The second-order valence-electron chi connectivity index (χ2n) is 3.36. The van der Waals surface area contributed by atoms with Crippen LogP contribution >= 0.6 is 12.2 Å². The van der Waals surface area contributed by atoms with E-state index in [9.17, 15) is 5.11 Å². The first-order valence-electron chi connectivity index (χ1n) is 5.22. The zero-order valence-electron chi connectivity index (χ0n) is 9.53. The van der Waals surface area contributed by atoms with Crippen molar-refractivity contribution in [3.63, 3.8) is 0 Å². The van der Waals surface area contributed by atoms with Crippen LogP contribution in [0.25, 0.3) is 0 Å². The zero-order valence-corrected chi connectivity index (χ0v) is 10.3. The summed E-state index contributed by atoms with van der Waals surface area (Å²) in [5.41, 5.74) is 6.86. The predicted molar refractivity (Wildman–Crippen MR) is 72.1 cm³/mol. The van der Waals surface area contributed by atoms with Crippen molar-refractivity contribution in [3.05, 3.63) is 18.2 Å². The summed E-state index contributed by atoms with van der Waals surface area (Å²) in [6.45, 7) is 5.94. The molecule has 0 aliphatic rings. The van der Waals surface area contributed by atoms with Gasteiger partial charge in [-0.15, -0.1) is 0 Å². The summed E-state index contributed by atoms with van der Waals surface area (Å²) in [7, 11) is 0. The third-order valence-electron chi connectivity index (χ3n) is 2.37. The quantitative estimate of drug-likeness (QED) is 0.553. The number of nitrogens with one attached hydrogen (secondary N) is 1. The average molecular weight is 239 g/mol. The first kappa shape index (κ1) is 12.6. The summed E-state index contributed by atoms with van der Waals surface area (Å²) < 4.78 is 0. The van der Waals surface area contributed by atoms with Gasteiger partial charge in [-0.25, -0.2) is 0 Å². The van der Waals surface area contributed by atoms with Crippen molar-refractivity contribution in [2.24, 2.45) is 5.73 Å². The van der Waals surface area contributed by atoms with Crippen LogP contribution in [0.1, 0.15) is 13.8 Å². The van der Waals surface area contributed by atoms with Crippen molar-refractivity contribution >= 4 is 28.7 Å². The molecule has 0 bridgehead atoms. The van der Waals surface area contributed by atoms with Crippen molar-refractivity contribution in [3.8, 4) is 5.75 Å². The van der Waals surface area contributed by atoms with E-state index in [1.165, 1.54) is 0 Å². The Bertz CT molecular complexity index is 377. The van der Waals surface area contributed by atoms with Crippen LogP contribution in [0.15, 0.2) is 18.2 Å². The average Bonchev–Trinajstić information content (AvgIpc) is 2.23. The molecule has 0 heterocycles. The zero-order chi connectivity index (χ0) is 12.1. The fraction of sp³-hybridized carbons (Fsp3) is 0.364.